The number of carbonyl (C=O) groups is 8. The van der Waals surface area contributed by atoms with E-state index in [0.717, 1.165) is 65.1 Å². The van der Waals surface area contributed by atoms with E-state index in [1.54, 1.807) is 31.2 Å². The van der Waals surface area contributed by atoms with Gasteiger partial charge in [0.15, 0.2) is 29.9 Å². The van der Waals surface area contributed by atoms with Crippen LogP contribution in [0.25, 0.3) is 11.1 Å². The van der Waals surface area contributed by atoms with Crippen molar-refractivity contribution >= 4 is 98.2 Å². The van der Waals surface area contributed by atoms with Crippen LogP contribution in [0.2, 0.25) is 10.0 Å². The van der Waals surface area contributed by atoms with E-state index in [2.05, 4.69) is 53.1 Å². The first-order chi connectivity index (χ1) is 51.1. The fourth-order valence-electron chi connectivity index (χ4n) is 13.2. The second-order valence-corrected chi connectivity index (χ2v) is 30.1. The number of halogens is 3. The van der Waals surface area contributed by atoms with Gasteiger partial charge >= 0.3 is 5.97 Å². The molecule has 7 heterocycles. The zero-order valence-corrected chi connectivity index (χ0v) is 61.9. The van der Waals surface area contributed by atoms with Gasteiger partial charge in [-0.1, -0.05) is 71.2 Å². The standard InChI is InChI=1S/C72H78BrCl2N9O23S/c1-27(2)16-40(78-5)64(94)83-55-57(89)30-7-14-44(38(74)18-30)103-46-20-32-21-47(61(46)107-71-62(106-50-25-72(4,77)63(93)28(3)102-50)60(92)59(91)48(105-71)26-108-35-11-9-33(73)10-12-35)104-45-15-8-31(19-39(45)75)58(90)56-69(99)82-54(70(100)101)37-22-34(85)23-43(87)51(37)36-17-29(6-13-42(36)86)52(66(96)84-56)81-67(97)53(32)80-65(95)41(24-49(76)88)79-68(55)98/h6-15,17-23,27-28,40-41,48,50,52-60,62-63,71,78,85-87,89-93H,16,24-26,77H2,1-5H3,(H2,76,88)(H,79,98)(H,80,95)(H,81,97)(H,82,99)(H,83,94)(H,84,96)(H,100,101)/t28?,40-,41-,48?,50?,52?,53+,54+,55+,56-,57+,58+,59?,60?,62?,63?,71?,72?/m0/s1. The quantitative estimate of drug-likeness (QED) is 0.0652. The average molecular weight is 1620 g/mol. The van der Waals surface area contributed by atoms with Gasteiger partial charge in [0, 0.05) is 49.8 Å². The Kier molecular flexibility index (Phi) is 24.4. The molecule has 7 amide bonds. The topological polar surface area (TPSA) is 510 Å². The molecule has 11 bridgehead atoms. The largest absolute Gasteiger partial charge is 0.508 e. The number of rotatable bonds is 15. The normalized spacial score (nSPS) is 28.3. The fraction of sp³-hybridized carbons (Fsp3) is 0.389. The number of amides is 7. The van der Waals surface area contributed by atoms with Crippen molar-refractivity contribution in [1.29, 1.82) is 0 Å². The molecular weight excluding hydrogens is 1540 g/mol. The highest BCUT2D eigenvalue weighted by molar-refractivity contribution is 9.10. The number of phenols is 3. The lowest BCUT2D eigenvalue weighted by molar-refractivity contribution is -0.329. The number of aliphatic hydroxyl groups excluding tert-OH is 5. The number of phenolic OH excluding ortho intramolecular Hbond substituents is 3. The molecule has 0 radical (unpaired) electrons. The molecule has 18 atom stereocenters. The van der Waals surface area contributed by atoms with Crippen LogP contribution < -0.4 is 62.9 Å². The molecule has 7 aliphatic rings. The van der Waals surface area contributed by atoms with E-state index in [9.17, 15) is 69.9 Å². The van der Waals surface area contributed by atoms with E-state index >= 15 is 14.4 Å². The number of ether oxygens (including phenoxy) is 6. The minimum atomic E-state index is -2.33. The smallest absolute Gasteiger partial charge is 0.330 e. The van der Waals surface area contributed by atoms with Crippen molar-refractivity contribution in [2.24, 2.45) is 17.4 Å². The highest BCUT2D eigenvalue weighted by atomic mass is 79.9. The third-order valence-corrected chi connectivity index (χ3v) is 21.0. The first kappa shape index (κ1) is 79.9. The summed E-state index contributed by atoms with van der Waals surface area (Å²) in [4.78, 5) is 118. The number of benzene rings is 6. The Balaban J connectivity index is 1.16. The minimum Gasteiger partial charge on any atom is -0.508 e. The highest BCUT2D eigenvalue weighted by Crippen LogP contribution is 2.50. The van der Waals surface area contributed by atoms with Gasteiger partial charge in [-0.2, -0.15) is 0 Å². The van der Waals surface area contributed by atoms with Crippen molar-refractivity contribution in [2.75, 3.05) is 12.8 Å². The van der Waals surface area contributed by atoms with Crippen molar-refractivity contribution in [3.63, 3.8) is 0 Å². The molecular formula is C72H78BrCl2N9O23S. The van der Waals surface area contributed by atoms with Gasteiger partial charge in [0.25, 0.3) is 0 Å². The molecule has 6 aromatic carbocycles. The van der Waals surface area contributed by atoms with Crippen LogP contribution in [-0.4, -0.2) is 185 Å². The van der Waals surface area contributed by atoms with Crippen LogP contribution in [0.15, 0.2) is 112 Å². The zero-order valence-electron chi connectivity index (χ0n) is 58.0. The number of aromatic hydroxyl groups is 3. The number of primary amides is 1. The van der Waals surface area contributed by atoms with Crippen LogP contribution in [0.1, 0.15) is 105 Å². The summed E-state index contributed by atoms with van der Waals surface area (Å²) in [6, 6.07) is 6.82. The Labute approximate surface area is 638 Å². The summed E-state index contributed by atoms with van der Waals surface area (Å²) in [7, 11) is 1.48. The average Bonchev–Trinajstić information content (AvgIpc) is 0.767. The zero-order chi connectivity index (χ0) is 78.2. The molecule has 13 rings (SSSR count). The van der Waals surface area contributed by atoms with Crippen molar-refractivity contribution in [1.82, 2.24) is 37.2 Å². The molecule has 10 unspecified atom stereocenters. The van der Waals surface area contributed by atoms with Gasteiger partial charge in [0.2, 0.25) is 53.4 Å². The number of carbonyl (C=O) groups excluding carboxylic acids is 7. The van der Waals surface area contributed by atoms with Crippen molar-refractivity contribution in [3.05, 3.63) is 145 Å². The fourth-order valence-corrected chi connectivity index (χ4v) is 14.9. The Morgan fingerprint density at radius 3 is 1.93 bits per heavy atom. The summed E-state index contributed by atoms with van der Waals surface area (Å²) in [6.07, 6.45) is -17.7. The number of hydrogen-bond donors (Lipinski definition) is 18. The van der Waals surface area contributed by atoms with Crippen LogP contribution in [0.4, 0.5) is 0 Å². The molecule has 2 saturated heterocycles. The SMILES string of the molecule is CN[C@@H](CC(C)C)C(=O)N[C@H]1C(=O)N[C@@H](CC(N)=O)C(=O)N[C@H]2C(=O)NC3C(=O)N[C@H](C(=O)N[C@@H](C(=O)O)c4cc(O)cc(O)c4-c4cc3ccc4O)[C@H](O)c3ccc(c(Cl)c3)Oc3cc2cc(c3OC2OC(CSc3ccc(Br)cc3)C(O)C(O)C2OC2CC(C)(N)C(O)C(C)O2)Oc2ccc(cc2Cl)[C@H]1O. The molecule has 0 aliphatic carbocycles. The maximum atomic E-state index is 16.2. The second kappa shape index (κ2) is 33.0. The first-order valence-corrected chi connectivity index (χ1v) is 36.3. The lowest BCUT2D eigenvalue weighted by Crippen LogP contribution is -2.64. The molecule has 36 heteroatoms. The Hall–Kier alpha value is -9.11. The number of aliphatic carboxylic acids is 1. The third-order valence-electron chi connectivity index (χ3n) is 18.8. The summed E-state index contributed by atoms with van der Waals surface area (Å²) < 4.78 is 40.4. The van der Waals surface area contributed by atoms with Gasteiger partial charge in [-0.15, -0.1) is 11.8 Å². The Bertz CT molecular complexity index is 4490. The molecule has 576 valence electrons. The van der Waals surface area contributed by atoms with E-state index in [1.807, 2.05) is 13.8 Å². The van der Waals surface area contributed by atoms with E-state index in [-0.39, 0.29) is 57.7 Å². The van der Waals surface area contributed by atoms with Gasteiger partial charge < -0.3 is 123 Å². The van der Waals surface area contributed by atoms with Crippen LogP contribution in [-0.2, 0) is 52.6 Å². The van der Waals surface area contributed by atoms with E-state index < -0.39 is 225 Å². The number of thioether (sulfide) groups is 1. The number of hydrogen-bond acceptors (Lipinski definition) is 25. The van der Waals surface area contributed by atoms with Crippen molar-refractivity contribution in [2.45, 2.75) is 161 Å². The highest BCUT2D eigenvalue weighted by Gasteiger charge is 2.52. The van der Waals surface area contributed by atoms with Crippen molar-refractivity contribution in [3.8, 4) is 57.1 Å². The molecule has 0 spiro atoms. The van der Waals surface area contributed by atoms with Crippen molar-refractivity contribution < 1.29 is 113 Å². The number of fused-ring (bicyclic) bond motifs is 15. The van der Waals surface area contributed by atoms with E-state index in [1.165, 1.54) is 43.9 Å². The lowest BCUT2D eigenvalue weighted by atomic mass is 9.86. The summed E-state index contributed by atoms with van der Waals surface area (Å²) in [5, 5.41) is 122. The van der Waals surface area contributed by atoms with Gasteiger partial charge in [0.05, 0.1) is 40.8 Å². The maximum Gasteiger partial charge on any atom is 0.330 e. The summed E-state index contributed by atoms with van der Waals surface area (Å²) in [5.41, 5.74) is 8.27. The van der Waals surface area contributed by atoms with Crippen LogP contribution in [0, 0.1) is 5.92 Å². The summed E-state index contributed by atoms with van der Waals surface area (Å²) in [6.45, 7) is 6.72. The Morgan fingerprint density at radius 1 is 0.713 bits per heavy atom. The molecule has 7 aliphatic heterocycles. The lowest BCUT2D eigenvalue weighted by Gasteiger charge is -2.47. The summed E-state index contributed by atoms with van der Waals surface area (Å²) in [5.74, 6) is -15.7. The van der Waals surface area contributed by atoms with Gasteiger partial charge in [-0.3, -0.25) is 33.6 Å². The molecule has 32 nitrogen and oxygen atoms in total. The number of carboxylic acids is 1. The molecule has 6 aromatic rings. The predicted molar refractivity (Wildman–Crippen MR) is 387 cm³/mol. The minimum absolute atomic E-state index is 0.0799. The monoisotopic (exact) mass is 1620 g/mol. The van der Waals surface area contributed by atoms with Crippen LogP contribution in [0.5, 0.6) is 46.0 Å². The Morgan fingerprint density at radius 2 is 1.32 bits per heavy atom. The van der Waals surface area contributed by atoms with Crippen LogP contribution in [0.3, 0.4) is 0 Å². The third kappa shape index (κ3) is 17.5. The molecule has 0 aromatic heterocycles. The summed E-state index contributed by atoms with van der Waals surface area (Å²) >= 11 is 18.9. The number of likely N-dealkylation sites (N-methyl/N-ethyl adjacent to an activating group) is 1. The van der Waals surface area contributed by atoms with E-state index in [0.29, 0.717) is 4.90 Å². The predicted octanol–water partition coefficient (Wildman–Crippen LogP) is 3.67. The number of aliphatic hydroxyl groups is 5. The van der Waals surface area contributed by atoms with E-state index in [4.69, 9.17) is 63.1 Å². The first-order valence-electron chi connectivity index (χ1n) is 33.8. The second-order valence-electron chi connectivity index (χ2n) is 27.3. The van der Waals surface area contributed by atoms with Crippen LogP contribution >= 0.6 is 50.9 Å². The molecule has 0 saturated carbocycles. The number of nitrogens with one attached hydrogen (secondary N) is 7. The number of carboxylic acid groups (broad SMARTS) is 1. The maximum absolute atomic E-state index is 16.2. The number of nitrogens with two attached hydrogens (primary N) is 2. The van der Waals surface area contributed by atoms with Gasteiger partial charge in [-0.25, -0.2) is 4.79 Å². The molecule has 2 fully saturated rings. The van der Waals surface area contributed by atoms with Gasteiger partial charge in [-0.05, 0) is 134 Å². The molecule has 108 heavy (non-hydrogen) atoms. The molecule has 20 N–H and O–H groups in total. The van der Waals surface area contributed by atoms with Gasteiger partial charge in [0.1, 0.15) is 83.4 Å².